The van der Waals surface area contributed by atoms with E-state index in [9.17, 15) is 4.79 Å². The molecule has 1 aromatic rings. The maximum atomic E-state index is 11.9. The zero-order chi connectivity index (χ0) is 10.8. The Labute approximate surface area is 90.0 Å². The molecular weight excluding hydrogens is 186 g/mol. The molecule has 15 heavy (non-hydrogen) atoms. The molecule has 1 aliphatic carbocycles. The van der Waals surface area contributed by atoms with Crippen molar-refractivity contribution in [3.05, 3.63) is 41.0 Å². The number of nitrogens with one attached hydrogen (secondary N) is 1. The number of allylic oxidation sites excluding steroid dienone is 1. The van der Waals surface area contributed by atoms with Gasteiger partial charge in [-0.05, 0) is 37.5 Å². The highest BCUT2D eigenvalue weighted by atomic mass is 16.1. The lowest BCUT2D eigenvalue weighted by atomic mass is 10.0. The molecule has 2 heteroatoms. The second-order valence-corrected chi connectivity index (χ2v) is 4.11. The number of benzene rings is 1. The van der Waals surface area contributed by atoms with Gasteiger partial charge in [0, 0.05) is 11.6 Å². The van der Waals surface area contributed by atoms with Gasteiger partial charge in [-0.15, -0.1) is 0 Å². The molecule has 0 radical (unpaired) electrons. The van der Waals surface area contributed by atoms with E-state index in [2.05, 4.69) is 17.5 Å². The second-order valence-electron chi connectivity index (χ2n) is 4.11. The predicted octanol–water partition coefficient (Wildman–Crippen LogP) is 2.39. The van der Waals surface area contributed by atoms with E-state index in [1.807, 2.05) is 32.1 Å². The van der Waals surface area contributed by atoms with Gasteiger partial charge in [0.25, 0.3) is 5.91 Å². The van der Waals surface area contributed by atoms with Crippen molar-refractivity contribution in [1.82, 2.24) is 5.32 Å². The third-order valence-corrected chi connectivity index (χ3v) is 2.48. The summed E-state index contributed by atoms with van der Waals surface area (Å²) in [5, 5.41) is 2.92. The van der Waals surface area contributed by atoms with Gasteiger partial charge in [-0.2, -0.15) is 0 Å². The van der Waals surface area contributed by atoms with Crippen LogP contribution in [0.5, 0.6) is 0 Å². The summed E-state index contributed by atoms with van der Waals surface area (Å²) in [6.07, 6.45) is 5.07. The Morgan fingerprint density at radius 2 is 2.20 bits per heavy atom. The molecule has 2 nitrogen and oxygen atoms in total. The third-order valence-electron chi connectivity index (χ3n) is 2.48. The fraction of sp³-hybridized carbons (Fsp3) is 0.308. The molecule has 2 rings (SSSR count). The Kier molecular flexibility index (Phi) is 2.58. The van der Waals surface area contributed by atoms with Crippen LogP contribution < -0.4 is 5.32 Å². The van der Waals surface area contributed by atoms with Crippen LogP contribution in [0, 0.1) is 0 Å². The van der Waals surface area contributed by atoms with Gasteiger partial charge in [0.2, 0.25) is 0 Å². The minimum Gasteiger partial charge on any atom is -0.350 e. The zero-order valence-corrected chi connectivity index (χ0v) is 9.08. The van der Waals surface area contributed by atoms with E-state index in [1.54, 1.807) is 0 Å². The Balaban J connectivity index is 2.33. The number of carbonyl (C=O) groups excluding carboxylic acids is 1. The van der Waals surface area contributed by atoms with Crippen molar-refractivity contribution in [2.75, 3.05) is 0 Å². The summed E-state index contributed by atoms with van der Waals surface area (Å²) in [5.74, 6) is 0.0217. The molecular formula is C13H15NO. The molecule has 0 heterocycles. The SMILES string of the molecule is CC(C)NC(=O)c1cccc2c1C=CC2. The summed E-state index contributed by atoms with van der Waals surface area (Å²) in [6, 6.07) is 6.08. The molecule has 0 aromatic heterocycles. The molecule has 1 N–H and O–H groups in total. The van der Waals surface area contributed by atoms with E-state index in [0.29, 0.717) is 0 Å². The highest BCUT2D eigenvalue weighted by molar-refractivity contribution is 5.98. The van der Waals surface area contributed by atoms with E-state index in [4.69, 9.17) is 0 Å². The molecule has 0 saturated carbocycles. The van der Waals surface area contributed by atoms with Crippen molar-refractivity contribution in [2.24, 2.45) is 0 Å². The molecule has 0 aliphatic heterocycles. The normalized spacial score (nSPS) is 13.0. The first-order valence-electron chi connectivity index (χ1n) is 5.28. The number of amides is 1. The number of fused-ring (bicyclic) bond motifs is 1. The number of hydrogen-bond donors (Lipinski definition) is 1. The third kappa shape index (κ3) is 1.94. The average molecular weight is 201 g/mol. The van der Waals surface area contributed by atoms with Gasteiger partial charge in [0.05, 0.1) is 0 Å². The number of carbonyl (C=O) groups is 1. The first-order valence-corrected chi connectivity index (χ1v) is 5.28. The van der Waals surface area contributed by atoms with E-state index in [0.717, 1.165) is 17.5 Å². The minimum atomic E-state index is 0.0217. The van der Waals surface area contributed by atoms with E-state index in [1.165, 1.54) is 5.56 Å². The average Bonchev–Trinajstić information content (AvgIpc) is 2.63. The highest BCUT2D eigenvalue weighted by Crippen LogP contribution is 2.23. The van der Waals surface area contributed by atoms with Gasteiger partial charge >= 0.3 is 0 Å². The smallest absolute Gasteiger partial charge is 0.252 e. The van der Waals surface area contributed by atoms with Crippen molar-refractivity contribution in [1.29, 1.82) is 0 Å². The Morgan fingerprint density at radius 1 is 1.40 bits per heavy atom. The van der Waals surface area contributed by atoms with Crippen LogP contribution in [-0.4, -0.2) is 11.9 Å². The maximum Gasteiger partial charge on any atom is 0.252 e. The lowest BCUT2D eigenvalue weighted by Crippen LogP contribution is -2.30. The quantitative estimate of drug-likeness (QED) is 0.782. The van der Waals surface area contributed by atoms with Gasteiger partial charge < -0.3 is 5.32 Å². The molecule has 78 valence electrons. The summed E-state index contributed by atoms with van der Waals surface area (Å²) in [5.41, 5.74) is 3.11. The van der Waals surface area contributed by atoms with Gasteiger partial charge in [0.15, 0.2) is 0 Å². The monoisotopic (exact) mass is 201 g/mol. The maximum absolute atomic E-state index is 11.9. The molecule has 1 amide bonds. The molecule has 1 aromatic carbocycles. The fourth-order valence-electron chi connectivity index (χ4n) is 1.83. The molecule has 0 atom stereocenters. The van der Waals surface area contributed by atoms with Crippen LogP contribution >= 0.6 is 0 Å². The molecule has 0 bridgehead atoms. The van der Waals surface area contributed by atoms with Crippen LogP contribution in [0.1, 0.15) is 35.3 Å². The first kappa shape index (κ1) is 9.97. The fourth-order valence-corrected chi connectivity index (χ4v) is 1.83. The lowest BCUT2D eigenvalue weighted by molar-refractivity contribution is 0.0943. The zero-order valence-electron chi connectivity index (χ0n) is 9.08. The van der Waals surface area contributed by atoms with Crippen molar-refractivity contribution in [2.45, 2.75) is 26.3 Å². The Hall–Kier alpha value is -1.57. The van der Waals surface area contributed by atoms with Crippen LogP contribution in [0.15, 0.2) is 24.3 Å². The number of hydrogen-bond acceptors (Lipinski definition) is 1. The largest absolute Gasteiger partial charge is 0.350 e. The van der Waals surface area contributed by atoms with Crippen molar-refractivity contribution >= 4 is 12.0 Å². The molecule has 0 spiro atoms. The summed E-state index contributed by atoms with van der Waals surface area (Å²) in [4.78, 5) is 11.9. The molecule has 0 unspecified atom stereocenters. The van der Waals surface area contributed by atoms with Gasteiger partial charge in [0.1, 0.15) is 0 Å². The second kappa shape index (κ2) is 3.89. The highest BCUT2D eigenvalue weighted by Gasteiger charge is 2.15. The molecule has 0 fully saturated rings. The lowest BCUT2D eigenvalue weighted by Gasteiger charge is -2.11. The summed E-state index contributed by atoms with van der Waals surface area (Å²) in [7, 11) is 0. The van der Waals surface area contributed by atoms with Crippen molar-refractivity contribution in [3.63, 3.8) is 0 Å². The molecule has 1 aliphatic rings. The Bertz CT molecular complexity index is 419. The van der Waals surface area contributed by atoms with E-state index >= 15 is 0 Å². The van der Waals surface area contributed by atoms with Crippen LogP contribution in [0.3, 0.4) is 0 Å². The summed E-state index contributed by atoms with van der Waals surface area (Å²) >= 11 is 0. The first-order chi connectivity index (χ1) is 7.18. The van der Waals surface area contributed by atoms with Crippen LogP contribution in [0.2, 0.25) is 0 Å². The van der Waals surface area contributed by atoms with Gasteiger partial charge in [-0.3, -0.25) is 4.79 Å². The Morgan fingerprint density at radius 3 is 2.93 bits per heavy atom. The number of rotatable bonds is 2. The van der Waals surface area contributed by atoms with Crippen molar-refractivity contribution in [3.8, 4) is 0 Å². The summed E-state index contributed by atoms with van der Waals surface area (Å²) in [6.45, 7) is 3.94. The van der Waals surface area contributed by atoms with Crippen LogP contribution in [-0.2, 0) is 6.42 Å². The predicted molar refractivity (Wildman–Crippen MR) is 61.8 cm³/mol. The molecule has 0 saturated heterocycles. The minimum absolute atomic E-state index is 0.0217. The van der Waals surface area contributed by atoms with Gasteiger partial charge in [-0.1, -0.05) is 24.3 Å². The van der Waals surface area contributed by atoms with E-state index in [-0.39, 0.29) is 11.9 Å². The van der Waals surface area contributed by atoms with Gasteiger partial charge in [-0.25, -0.2) is 0 Å². The van der Waals surface area contributed by atoms with E-state index < -0.39 is 0 Å². The van der Waals surface area contributed by atoms with Crippen LogP contribution in [0.25, 0.3) is 6.08 Å². The summed E-state index contributed by atoms with van der Waals surface area (Å²) < 4.78 is 0. The van der Waals surface area contributed by atoms with Crippen LogP contribution in [0.4, 0.5) is 0 Å². The standard InChI is InChI=1S/C13H15NO/c1-9(2)14-13(15)12-8-4-6-10-5-3-7-11(10)12/h3-4,6-9H,5H2,1-2H3,(H,14,15). The topological polar surface area (TPSA) is 29.1 Å². The van der Waals surface area contributed by atoms with Crippen molar-refractivity contribution < 1.29 is 4.79 Å².